The summed E-state index contributed by atoms with van der Waals surface area (Å²) in [5.74, 6) is 1.73. The Bertz CT molecular complexity index is 382. The molecule has 1 aliphatic heterocycles. The van der Waals surface area contributed by atoms with Gasteiger partial charge in [0.25, 0.3) is 0 Å². The average Bonchev–Trinajstić information content (AvgIpc) is 2.83. The van der Waals surface area contributed by atoms with Gasteiger partial charge in [-0.15, -0.1) is 0 Å². The van der Waals surface area contributed by atoms with Crippen molar-refractivity contribution in [2.45, 2.75) is 69.9 Å². The minimum Gasteiger partial charge on any atom is -0.282 e. The molecule has 0 radical (unpaired) electrons. The maximum absolute atomic E-state index is 5.14. The highest BCUT2D eigenvalue weighted by atomic mass is 15.0. The highest BCUT2D eigenvalue weighted by molar-refractivity contribution is 6.44. The van der Waals surface area contributed by atoms with E-state index in [0.29, 0.717) is 12.1 Å². The standard InChI is InChI=1S/C15H22N2/c1-2-5-11-10(4-1)8-9-14-15(11)17-13-7-3-6-12(13)16-14/h10-13H,1-9H2. The maximum Gasteiger partial charge on any atom is 0.0727 e. The molecule has 0 aromatic heterocycles. The molecule has 0 aromatic carbocycles. The van der Waals surface area contributed by atoms with Crippen molar-refractivity contribution < 1.29 is 0 Å². The smallest absolute Gasteiger partial charge is 0.0727 e. The van der Waals surface area contributed by atoms with Crippen LogP contribution in [-0.4, -0.2) is 23.5 Å². The Morgan fingerprint density at radius 1 is 0.765 bits per heavy atom. The molecule has 0 bridgehead atoms. The molecule has 4 atom stereocenters. The minimum absolute atomic E-state index is 0.564. The van der Waals surface area contributed by atoms with Crippen LogP contribution in [0.25, 0.3) is 0 Å². The third-order valence-electron chi connectivity index (χ3n) is 5.38. The zero-order chi connectivity index (χ0) is 11.2. The van der Waals surface area contributed by atoms with Gasteiger partial charge in [0, 0.05) is 5.92 Å². The third-order valence-corrected chi connectivity index (χ3v) is 5.38. The molecule has 4 unspecified atom stereocenters. The normalized spacial score (nSPS) is 44.2. The van der Waals surface area contributed by atoms with E-state index in [1.54, 1.807) is 0 Å². The van der Waals surface area contributed by atoms with Crippen molar-refractivity contribution in [1.29, 1.82) is 0 Å². The predicted molar refractivity (Wildman–Crippen MR) is 71.0 cm³/mol. The van der Waals surface area contributed by atoms with E-state index in [-0.39, 0.29) is 0 Å². The van der Waals surface area contributed by atoms with E-state index in [0.717, 1.165) is 11.8 Å². The summed E-state index contributed by atoms with van der Waals surface area (Å²) in [5.41, 5.74) is 2.88. The number of nitrogens with zero attached hydrogens (tertiary/aromatic N) is 2. The van der Waals surface area contributed by atoms with Gasteiger partial charge in [-0.3, -0.25) is 9.98 Å². The van der Waals surface area contributed by atoms with Crippen LogP contribution in [0.15, 0.2) is 9.98 Å². The summed E-state index contributed by atoms with van der Waals surface area (Å²) in [4.78, 5) is 10.2. The fourth-order valence-electron chi connectivity index (χ4n) is 4.48. The van der Waals surface area contributed by atoms with Crippen LogP contribution in [-0.2, 0) is 0 Å². The zero-order valence-electron chi connectivity index (χ0n) is 10.6. The fourth-order valence-corrected chi connectivity index (χ4v) is 4.48. The quantitative estimate of drug-likeness (QED) is 0.609. The lowest BCUT2D eigenvalue weighted by atomic mass is 9.68. The molecular weight excluding hydrogens is 208 g/mol. The summed E-state index contributed by atoms with van der Waals surface area (Å²) in [5, 5.41) is 0. The molecule has 3 fully saturated rings. The van der Waals surface area contributed by atoms with Crippen LogP contribution < -0.4 is 0 Å². The van der Waals surface area contributed by atoms with E-state index in [9.17, 15) is 0 Å². The van der Waals surface area contributed by atoms with Gasteiger partial charge < -0.3 is 0 Å². The highest BCUT2D eigenvalue weighted by Gasteiger charge is 2.40. The number of hydrogen-bond acceptors (Lipinski definition) is 2. The molecule has 0 aromatic rings. The van der Waals surface area contributed by atoms with Crippen molar-refractivity contribution >= 4 is 11.4 Å². The van der Waals surface area contributed by atoms with Crippen LogP contribution in [0.4, 0.5) is 0 Å². The molecule has 0 spiro atoms. The third kappa shape index (κ3) is 1.60. The van der Waals surface area contributed by atoms with E-state index < -0.39 is 0 Å². The second-order valence-electron chi connectivity index (χ2n) is 6.35. The lowest BCUT2D eigenvalue weighted by Gasteiger charge is -2.39. The first-order valence-corrected chi connectivity index (χ1v) is 7.56. The highest BCUT2D eigenvalue weighted by Crippen LogP contribution is 2.41. The van der Waals surface area contributed by atoms with Crippen LogP contribution in [0.2, 0.25) is 0 Å². The van der Waals surface area contributed by atoms with E-state index in [2.05, 4.69) is 0 Å². The molecule has 92 valence electrons. The summed E-state index contributed by atoms with van der Waals surface area (Å²) in [6.07, 6.45) is 12.3. The molecule has 4 rings (SSSR count). The molecule has 0 saturated heterocycles. The van der Waals surface area contributed by atoms with Crippen molar-refractivity contribution in [3.63, 3.8) is 0 Å². The van der Waals surface area contributed by atoms with Crippen LogP contribution in [0.1, 0.15) is 57.8 Å². The van der Waals surface area contributed by atoms with Crippen LogP contribution in [0, 0.1) is 11.8 Å². The van der Waals surface area contributed by atoms with Gasteiger partial charge in [0.15, 0.2) is 0 Å². The number of fused-ring (bicyclic) bond motifs is 4. The Hall–Kier alpha value is -0.660. The van der Waals surface area contributed by atoms with Gasteiger partial charge in [0.2, 0.25) is 0 Å². The van der Waals surface area contributed by atoms with Gasteiger partial charge >= 0.3 is 0 Å². The Morgan fingerprint density at radius 3 is 2.53 bits per heavy atom. The largest absolute Gasteiger partial charge is 0.282 e. The monoisotopic (exact) mass is 230 g/mol. The molecule has 3 saturated carbocycles. The van der Waals surface area contributed by atoms with Crippen molar-refractivity contribution in [3.05, 3.63) is 0 Å². The van der Waals surface area contributed by atoms with Gasteiger partial charge in [-0.1, -0.05) is 12.8 Å². The second kappa shape index (κ2) is 3.93. The Labute approximate surface area is 104 Å². The van der Waals surface area contributed by atoms with Gasteiger partial charge in [-0.25, -0.2) is 0 Å². The van der Waals surface area contributed by atoms with Crippen molar-refractivity contribution in [1.82, 2.24) is 0 Å². The average molecular weight is 230 g/mol. The first kappa shape index (κ1) is 10.3. The maximum atomic E-state index is 5.14. The first-order chi connectivity index (χ1) is 8.42. The van der Waals surface area contributed by atoms with Crippen molar-refractivity contribution in [2.24, 2.45) is 21.8 Å². The Kier molecular flexibility index (Phi) is 2.38. The van der Waals surface area contributed by atoms with Crippen LogP contribution >= 0.6 is 0 Å². The van der Waals surface area contributed by atoms with E-state index in [1.807, 2.05) is 0 Å². The van der Waals surface area contributed by atoms with E-state index in [1.165, 1.54) is 69.2 Å². The van der Waals surface area contributed by atoms with Crippen LogP contribution in [0.5, 0.6) is 0 Å². The molecule has 3 aliphatic carbocycles. The first-order valence-electron chi connectivity index (χ1n) is 7.56. The second-order valence-corrected chi connectivity index (χ2v) is 6.35. The molecule has 2 nitrogen and oxygen atoms in total. The summed E-state index contributed by atoms with van der Waals surface area (Å²) in [6, 6.07) is 1.13. The topological polar surface area (TPSA) is 24.7 Å². The zero-order valence-corrected chi connectivity index (χ0v) is 10.6. The molecule has 17 heavy (non-hydrogen) atoms. The predicted octanol–water partition coefficient (Wildman–Crippen LogP) is 3.40. The summed E-state index contributed by atoms with van der Waals surface area (Å²) in [6.45, 7) is 0. The van der Waals surface area contributed by atoms with Gasteiger partial charge in [0.1, 0.15) is 0 Å². The van der Waals surface area contributed by atoms with Gasteiger partial charge in [0.05, 0.1) is 23.5 Å². The Morgan fingerprint density at radius 2 is 1.59 bits per heavy atom. The van der Waals surface area contributed by atoms with Crippen molar-refractivity contribution in [2.75, 3.05) is 0 Å². The molecule has 4 aliphatic rings. The van der Waals surface area contributed by atoms with Crippen molar-refractivity contribution in [3.8, 4) is 0 Å². The molecule has 0 N–H and O–H groups in total. The lowest BCUT2D eigenvalue weighted by molar-refractivity contribution is 0.280. The number of hydrogen-bond donors (Lipinski definition) is 0. The summed E-state index contributed by atoms with van der Waals surface area (Å²) < 4.78 is 0. The van der Waals surface area contributed by atoms with E-state index in [4.69, 9.17) is 9.98 Å². The lowest BCUT2D eigenvalue weighted by Crippen LogP contribution is -2.42. The number of aliphatic imine (C=N–C) groups is 2. The summed E-state index contributed by atoms with van der Waals surface area (Å²) >= 11 is 0. The van der Waals surface area contributed by atoms with Gasteiger partial charge in [-0.2, -0.15) is 0 Å². The van der Waals surface area contributed by atoms with E-state index >= 15 is 0 Å². The molecular formula is C15H22N2. The van der Waals surface area contributed by atoms with Crippen LogP contribution in [0.3, 0.4) is 0 Å². The molecule has 0 amide bonds. The molecule has 1 heterocycles. The fraction of sp³-hybridized carbons (Fsp3) is 0.867. The Balaban J connectivity index is 1.67. The SMILES string of the molecule is C1CCC2C3=NC4CCCC4N=C3CCC2C1. The summed E-state index contributed by atoms with van der Waals surface area (Å²) in [7, 11) is 0. The van der Waals surface area contributed by atoms with Gasteiger partial charge in [-0.05, 0) is 50.9 Å². The molecule has 2 heteroatoms. The number of rotatable bonds is 0. The minimum atomic E-state index is 0.564.